The molecule has 0 aliphatic carbocycles. The Kier molecular flexibility index (Phi) is 4.22. The molecule has 0 spiro atoms. The van der Waals surface area contributed by atoms with Gasteiger partial charge in [0.2, 0.25) is 0 Å². The molecule has 0 fully saturated rings. The van der Waals surface area contributed by atoms with Crippen LogP contribution in [-0.2, 0) is 13.0 Å². The number of benzene rings is 1. The molecule has 102 valence electrons. The molecule has 0 bridgehead atoms. The van der Waals surface area contributed by atoms with Crippen molar-refractivity contribution in [3.63, 3.8) is 0 Å². The molecular weight excluding hydrogens is 265 g/mol. The first-order chi connectivity index (χ1) is 9.02. The molecule has 0 saturated carbocycles. The van der Waals surface area contributed by atoms with Crippen LogP contribution in [0.1, 0.15) is 22.5 Å². The number of aryl methyl sites for hydroxylation is 1. The van der Waals surface area contributed by atoms with E-state index in [0.29, 0.717) is 13.1 Å². The molecule has 0 atom stereocenters. The molecule has 2 N–H and O–H groups in total. The Hall–Kier alpha value is -1.39. The Morgan fingerprint density at radius 3 is 2.74 bits per heavy atom. The van der Waals surface area contributed by atoms with Crippen LogP contribution < -0.4 is 5.73 Å². The number of halogens is 2. The normalized spacial score (nSPS) is 11.0. The zero-order valence-corrected chi connectivity index (χ0v) is 11.8. The zero-order valence-electron chi connectivity index (χ0n) is 11.1. The summed E-state index contributed by atoms with van der Waals surface area (Å²) in [6.45, 7) is 5.19. The highest BCUT2D eigenvalue weighted by Gasteiger charge is 2.11. The van der Waals surface area contributed by atoms with Crippen LogP contribution in [0, 0.1) is 19.7 Å². The van der Waals surface area contributed by atoms with Crippen molar-refractivity contribution >= 4 is 11.6 Å². The lowest BCUT2D eigenvalue weighted by Gasteiger charge is -2.06. The summed E-state index contributed by atoms with van der Waals surface area (Å²) in [6, 6.07) is 4.74. The molecule has 5 heteroatoms. The maximum Gasteiger partial charge on any atom is 0.141 e. The van der Waals surface area contributed by atoms with Crippen molar-refractivity contribution < 1.29 is 4.39 Å². The molecule has 0 aliphatic rings. The Labute approximate surface area is 117 Å². The SMILES string of the molecule is Cc1nn(Cc2ccc(F)c(Cl)c2)c(C)c1CCN. The highest BCUT2D eigenvalue weighted by Crippen LogP contribution is 2.19. The largest absolute Gasteiger partial charge is 0.330 e. The van der Waals surface area contributed by atoms with E-state index in [2.05, 4.69) is 5.10 Å². The number of nitrogens with zero attached hydrogens (tertiary/aromatic N) is 2. The average molecular weight is 282 g/mol. The minimum Gasteiger partial charge on any atom is -0.330 e. The van der Waals surface area contributed by atoms with Gasteiger partial charge in [-0.1, -0.05) is 17.7 Å². The number of nitrogens with two attached hydrogens (primary N) is 1. The van der Waals surface area contributed by atoms with E-state index < -0.39 is 5.82 Å². The van der Waals surface area contributed by atoms with E-state index in [0.717, 1.165) is 23.4 Å². The summed E-state index contributed by atoms with van der Waals surface area (Å²) in [7, 11) is 0. The van der Waals surface area contributed by atoms with E-state index in [4.69, 9.17) is 17.3 Å². The molecule has 19 heavy (non-hydrogen) atoms. The molecule has 0 aliphatic heterocycles. The van der Waals surface area contributed by atoms with Gasteiger partial charge in [-0.2, -0.15) is 5.10 Å². The van der Waals surface area contributed by atoms with Gasteiger partial charge >= 0.3 is 0 Å². The molecule has 0 saturated heterocycles. The molecule has 3 nitrogen and oxygen atoms in total. The fraction of sp³-hybridized carbons (Fsp3) is 0.357. The van der Waals surface area contributed by atoms with Crippen LogP contribution in [0.3, 0.4) is 0 Å². The second kappa shape index (κ2) is 5.72. The molecular formula is C14H17ClFN3. The van der Waals surface area contributed by atoms with Gasteiger partial charge in [0.15, 0.2) is 0 Å². The Morgan fingerprint density at radius 1 is 1.37 bits per heavy atom. The fourth-order valence-corrected chi connectivity index (χ4v) is 2.41. The minimum absolute atomic E-state index is 0.140. The van der Waals surface area contributed by atoms with E-state index >= 15 is 0 Å². The zero-order chi connectivity index (χ0) is 14.0. The topological polar surface area (TPSA) is 43.8 Å². The molecule has 0 unspecified atom stereocenters. The van der Waals surface area contributed by atoms with Crippen LogP contribution in [0.5, 0.6) is 0 Å². The lowest BCUT2D eigenvalue weighted by molar-refractivity contribution is 0.623. The van der Waals surface area contributed by atoms with Gasteiger partial charge in [0.05, 0.1) is 17.3 Å². The highest BCUT2D eigenvalue weighted by atomic mass is 35.5. The summed E-state index contributed by atoms with van der Waals surface area (Å²) in [6.07, 6.45) is 0.821. The molecule has 1 aromatic heterocycles. The van der Waals surface area contributed by atoms with Crippen molar-refractivity contribution in [2.24, 2.45) is 5.73 Å². The summed E-state index contributed by atoms with van der Waals surface area (Å²) in [5, 5.41) is 4.64. The third kappa shape index (κ3) is 2.96. The summed E-state index contributed by atoms with van der Waals surface area (Å²) in [4.78, 5) is 0. The molecule has 2 rings (SSSR count). The predicted octanol–water partition coefficient (Wildman–Crippen LogP) is 2.84. The third-order valence-electron chi connectivity index (χ3n) is 3.24. The van der Waals surface area contributed by atoms with Gasteiger partial charge in [0, 0.05) is 5.69 Å². The summed E-state index contributed by atoms with van der Waals surface area (Å²) in [5.41, 5.74) is 9.81. The van der Waals surface area contributed by atoms with Gasteiger partial charge in [-0.15, -0.1) is 0 Å². The van der Waals surface area contributed by atoms with Crippen molar-refractivity contribution in [3.05, 3.63) is 51.6 Å². The van der Waals surface area contributed by atoms with Crippen molar-refractivity contribution in [2.75, 3.05) is 6.54 Å². The molecule has 2 aromatic rings. The van der Waals surface area contributed by atoms with Crippen molar-refractivity contribution in [1.29, 1.82) is 0 Å². The fourth-order valence-electron chi connectivity index (χ4n) is 2.21. The maximum absolute atomic E-state index is 13.1. The first-order valence-corrected chi connectivity index (χ1v) is 6.57. The van der Waals surface area contributed by atoms with Crippen molar-refractivity contribution in [2.45, 2.75) is 26.8 Å². The van der Waals surface area contributed by atoms with Gasteiger partial charge in [-0.3, -0.25) is 4.68 Å². The predicted molar refractivity (Wildman–Crippen MR) is 75.0 cm³/mol. The van der Waals surface area contributed by atoms with E-state index in [1.165, 1.54) is 11.6 Å². The number of hydrogen-bond donors (Lipinski definition) is 1. The first-order valence-electron chi connectivity index (χ1n) is 6.19. The summed E-state index contributed by atoms with van der Waals surface area (Å²) < 4.78 is 15.0. The molecule has 0 amide bonds. The lowest BCUT2D eigenvalue weighted by Crippen LogP contribution is -2.06. The highest BCUT2D eigenvalue weighted by molar-refractivity contribution is 6.30. The monoisotopic (exact) mass is 281 g/mol. The van der Waals surface area contributed by atoms with Crippen LogP contribution >= 0.6 is 11.6 Å². The summed E-state index contributed by atoms with van der Waals surface area (Å²) in [5.74, 6) is -0.400. The van der Waals surface area contributed by atoms with Crippen LogP contribution in [0.15, 0.2) is 18.2 Å². The minimum atomic E-state index is -0.400. The van der Waals surface area contributed by atoms with Crippen LogP contribution in [0.25, 0.3) is 0 Å². The van der Waals surface area contributed by atoms with Crippen LogP contribution in [0.2, 0.25) is 5.02 Å². The van der Waals surface area contributed by atoms with Gasteiger partial charge in [0.25, 0.3) is 0 Å². The lowest BCUT2D eigenvalue weighted by atomic mass is 10.1. The van der Waals surface area contributed by atoms with Crippen LogP contribution in [-0.4, -0.2) is 16.3 Å². The van der Waals surface area contributed by atoms with Crippen molar-refractivity contribution in [1.82, 2.24) is 9.78 Å². The smallest absolute Gasteiger partial charge is 0.141 e. The number of rotatable bonds is 4. The van der Waals surface area contributed by atoms with Crippen molar-refractivity contribution in [3.8, 4) is 0 Å². The molecule has 1 aromatic carbocycles. The van der Waals surface area contributed by atoms with E-state index in [-0.39, 0.29) is 5.02 Å². The van der Waals surface area contributed by atoms with E-state index in [1.807, 2.05) is 18.5 Å². The second-order valence-electron chi connectivity index (χ2n) is 4.59. The number of hydrogen-bond acceptors (Lipinski definition) is 2. The third-order valence-corrected chi connectivity index (χ3v) is 3.53. The molecule has 0 radical (unpaired) electrons. The Morgan fingerprint density at radius 2 is 2.11 bits per heavy atom. The standard InChI is InChI=1S/C14H17ClFN3/c1-9-12(5-6-17)10(2)19(18-9)8-11-3-4-14(16)13(15)7-11/h3-4,7H,5-6,8,17H2,1-2H3. The van der Waals surface area contributed by atoms with Gasteiger partial charge in [0.1, 0.15) is 5.82 Å². The van der Waals surface area contributed by atoms with E-state index in [9.17, 15) is 4.39 Å². The maximum atomic E-state index is 13.1. The average Bonchev–Trinajstić information content (AvgIpc) is 2.62. The summed E-state index contributed by atoms with van der Waals surface area (Å²) >= 11 is 5.78. The number of aromatic nitrogens is 2. The first kappa shape index (κ1) is 14.0. The Balaban J connectivity index is 2.28. The molecule has 1 heterocycles. The van der Waals surface area contributed by atoms with E-state index in [1.54, 1.807) is 12.1 Å². The van der Waals surface area contributed by atoms with Gasteiger partial charge < -0.3 is 5.73 Å². The quantitative estimate of drug-likeness (QED) is 0.936. The Bertz CT molecular complexity index is 593. The van der Waals surface area contributed by atoms with Crippen LogP contribution in [0.4, 0.5) is 4.39 Å². The van der Waals surface area contributed by atoms with Gasteiger partial charge in [-0.05, 0) is 50.1 Å². The second-order valence-corrected chi connectivity index (χ2v) is 5.00. The van der Waals surface area contributed by atoms with Gasteiger partial charge in [-0.25, -0.2) is 4.39 Å².